The third-order valence-corrected chi connectivity index (χ3v) is 4.96. The molecule has 3 aromatic carbocycles. The van der Waals surface area contributed by atoms with Gasteiger partial charge in [-0.3, -0.25) is 0 Å². The first-order chi connectivity index (χ1) is 14.7. The van der Waals surface area contributed by atoms with E-state index in [4.69, 9.17) is 26.8 Å². The molecule has 0 radical (unpaired) electrons. The second-order valence-electron chi connectivity index (χ2n) is 6.75. The molecule has 0 aliphatic rings. The van der Waals surface area contributed by atoms with Crippen LogP contribution < -0.4 is 15.2 Å². The van der Waals surface area contributed by atoms with Gasteiger partial charge in [-0.05, 0) is 23.3 Å². The van der Waals surface area contributed by atoms with Crippen LogP contribution in [0.3, 0.4) is 0 Å². The van der Waals surface area contributed by atoms with Crippen LogP contribution in [-0.4, -0.2) is 4.98 Å². The predicted octanol–water partition coefficient (Wildman–Crippen LogP) is 6.14. The number of ether oxygens (including phenoxy) is 2. The largest absolute Gasteiger partial charge is 0.473 e. The number of aromatic nitrogens is 1. The highest BCUT2D eigenvalue weighted by molar-refractivity contribution is 6.33. The van der Waals surface area contributed by atoms with Gasteiger partial charge < -0.3 is 15.2 Å². The molecule has 0 fully saturated rings. The highest BCUT2D eigenvalue weighted by atomic mass is 35.5. The van der Waals surface area contributed by atoms with E-state index in [-0.39, 0.29) is 0 Å². The number of anilines is 1. The van der Waals surface area contributed by atoms with Crippen LogP contribution in [0.5, 0.6) is 11.8 Å². The van der Waals surface area contributed by atoms with Gasteiger partial charge in [0.05, 0.1) is 10.7 Å². The van der Waals surface area contributed by atoms with Gasteiger partial charge in [0, 0.05) is 17.2 Å². The summed E-state index contributed by atoms with van der Waals surface area (Å²) >= 11 is 6.23. The number of pyridine rings is 1. The van der Waals surface area contributed by atoms with Gasteiger partial charge in [0.15, 0.2) is 0 Å². The molecule has 5 heteroatoms. The molecule has 2 N–H and O–H groups in total. The smallest absolute Gasteiger partial charge is 0.225 e. The minimum atomic E-state index is 0.378. The number of nitrogens with two attached hydrogens (primary N) is 1. The van der Waals surface area contributed by atoms with Gasteiger partial charge in [-0.25, -0.2) is 0 Å². The summed E-state index contributed by atoms with van der Waals surface area (Å²) in [6.07, 6.45) is 0. The summed E-state index contributed by atoms with van der Waals surface area (Å²) < 4.78 is 12.0. The normalized spacial score (nSPS) is 10.6. The van der Waals surface area contributed by atoms with Gasteiger partial charge in [-0.15, -0.1) is 0 Å². The van der Waals surface area contributed by atoms with Crippen LogP contribution in [0.1, 0.15) is 11.1 Å². The lowest BCUT2D eigenvalue weighted by atomic mass is 10.1. The molecule has 1 aromatic heterocycles. The van der Waals surface area contributed by atoms with E-state index in [1.165, 1.54) is 0 Å². The molecule has 0 aliphatic carbocycles. The highest BCUT2D eigenvalue weighted by Crippen LogP contribution is 2.37. The van der Waals surface area contributed by atoms with Gasteiger partial charge in [0.2, 0.25) is 11.8 Å². The maximum absolute atomic E-state index is 6.23. The maximum atomic E-state index is 6.23. The van der Waals surface area contributed by atoms with E-state index >= 15 is 0 Å². The number of rotatable bonds is 7. The molecule has 0 saturated heterocycles. The summed E-state index contributed by atoms with van der Waals surface area (Å²) in [6, 6.07) is 29.1. The van der Waals surface area contributed by atoms with E-state index in [9.17, 15) is 0 Å². The van der Waals surface area contributed by atoms with Crippen LogP contribution >= 0.6 is 11.6 Å². The molecule has 0 saturated carbocycles. The van der Waals surface area contributed by atoms with E-state index in [1.807, 2.05) is 84.9 Å². The zero-order valence-electron chi connectivity index (χ0n) is 16.3. The zero-order valence-corrected chi connectivity index (χ0v) is 17.0. The SMILES string of the molecule is Nc1c(Cl)cccc1-c1ccc(OCc2ccccc2)nc1OCc1ccccc1. The van der Waals surface area contributed by atoms with Gasteiger partial charge >= 0.3 is 0 Å². The summed E-state index contributed by atoms with van der Waals surface area (Å²) in [4.78, 5) is 4.61. The van der Waals surface area contributed by atoms with Crippen LogP contribution in [0, 0.1) is 0 Å². The number of para-hydroxylation sites is 1. The lowest BCUT2D eigenvalue weighted by Crippen LogP contribution is -2.03. The molecule has 0 bridgehead atoms. The first kappa shape index (κ1) is 19.8. The number of hydrogen-bond donors (Lipinski definition) is 1. The molecule has 0 unspecified atom stereocenters. The monoisotopic (exact) mass is 416 g/mol. The van der Waals surface area contributed by atoms with Crippen LogP contribution in [0.15, 0.2) is 91.0 Å². The van der Waals surface area contributed by atoms with Crippen molar-refractivity contribution in [2.24, 2.45) is 0 Å². The maximum Gasteiger partial charge on any atom is 0.225 e. The Morgan fingerprint density at radius 1 is 0.667 bits per heavy atom. The quantitative estimate of drug-likeness (QED) is 0.367. The topological polar surface area (TPSA) is 57.4 Å². The molecular formula is C25H21ClN2O2. The van der Waals surface area contributed by atoms with Gasteiger partial charge in [0.1, 0.15) is 13.2 Å². The highest BCUT2D eigenvalue weighted by Gasteiger charge is 2.15. The second kappa shape index (κ2) is 9.33. The van der Waals surface area contributed by atoms with E-state index in [0.29, 0.717) is 35.7 Å². The lowest BCUT2D eigenvalue weighted by Gasteiger charge is -2.15. The molecule has 0 atom stereocenters. The summed E-state index contributed by atoms with van der Waals surface area (Å²) in [5, 5.41) is 0.492. The van der Waals surface area contributed by atoms with Crippen molar-refractivity contribution in [2.75, 3.05) is 5.73 Å². The van der Waals surface area contributed by atoms with Crippen LogP contribution in [0.2, 0.25) is 5.02 Å². The summed E-state index contributed by atoms with van der Waals surface area (Å²) in [6.45, 7) is 0.800. The molecule has 4 rings (SSSR count). The van der Waals surface area contributed by atoms with Crippen LogP contribution in [0.25, 0.3) is 11.1 Å². The van der Waals surface area contributed by atoms with Crippen molar-refractivity contribution in [1.29, 1.82) is 0 Å². The third kappa shape index (κ3) is 4.73. The Hall–Kier alpha value is -3.50. The molecular weight excluding hydrogens is 396 g/mol. The summed E-state index contributed by atoms with van der Waals surface area (Å²) in [7, 11) is 0. The third-order valence-electron chi connectivity index (χ3n) is 4.63. The van der Waals surface area contributed by atoms with E-state index in [2.05, 4.69) is 4.98 Å². The van der Waals surface area contributed by atoms with Crippen LogP contribution in [-0.2, 0) is 13.2 Å². The van der Waals surface area contributed by atoms with E-state index in [1.54, 1.807) is 6.07 Å². The average molecular weight is 417 g/mol. The molecule has 0 amide bonds. The molecule has 1 heterocycles. The Balaban J connectivity index is 1.63. The van der Waals surface area contributed by atoms with Gasteiger partial charge in [-0.2, -0.15) is 4.98 Å². The summed E-state index contributed by atoms with van der Waals surface area (Å²) in [5.74, 6) is 0.921. The second-order valence-corrected chi connectivity index (χ2v) is 7.16. The van der Waals surface area contributed by atoms with E-state index < -0.39 is 0 Å². The molecule has 30 heavy (non-hydrogen) atoms. The fourth-order valence-corrected chi connectivity index (χ4v) is 3.22. The first-order valence-corrected chi connectivity index (χ1v) is 9.97. The minimum Gasteiger partial charge on any atom is -0.473 e. The lowest BCUT2D eigenvalue weighted by molar-refractivity contribution is 0.268. The van der Waals surface area contributed by atoms with Crippen molar-refractivity contribution in [3.63, 3.8) is 0 Å². The van der Waals surface area contributed by atoms with Crippen molar-refractivity contribution in [2.45, 2.75) is 13.2 Å². The number of nitrogen functional groups attached to an aromatic ring is 1. The molecule has 4 aromatic rings. The average Bonchev–Trinajstić information content (AvgIpc) is 2.80. The molecule has 0 spiro atoms. The van der Waals surface area contributed by atoms with Gasteiger partial charge in [-0.1, -0.05) is 84.4 Å². The number of hydrogen-bond acceptors (Lipinski definition) is 4. The predicted molar refractivity (Wildman–Crippen MR) is 121 cm³/mol. The Labute approximate surface area is 180 Å². The number of nitrogens with zero attached hydrogens (tertiary/aromatic N) is 1. The van der Waals surface area contributed by atoms with E-state index in [0.717, 1.165) is 22.3 Å². The van der Waals surface area contributed by atoms with Crippen LogP contribution in [0.4, 0.5) is 5.69 Å². The zero-order chi connectivity index (χ0) is 20.8. The fourth-order valence-electron chi connectivity index (χ4n) is 3.05. The Bertz CT molecular complexity index is 1120. The molecule has 150 valence electrons. The van der Waals surface area contributed by atoms with Gasteiger partial charge in [0.25, 0.3) is 0 Å². The van der Waals surface area contributed by atoms with Crippen molar-refractivity contribution in [1.82, 2.24) is 4.98 Å². The van der Waals surface area contributed by atoms with Crippen molar-refractivity contribution in [3.05, 3.63) is 107 Å². The molecule has 4 nitrogen and oxygen atoms in total. The Morgan fingerprint density at radius 3 is 1.97 bits per heavy atom. The Morgan fingerprint density at radius 2 is 1.30 bits per heavy atom. The van der Waals surface area contributed by atoms with Crippen molar-refractivity contribution < 1.29 is 9.47 Å². The van der Waals surface area contributed by atoms with Crippen molar-refractivity contribution in [3.8, 4) is 22.9 Å². The number of benzene rings is 3. The first-order valence-electron chi connectivity index (χ1n) is 9.59. The number of halogens is 1. The fraction of sp³-hybridized carbons (Fsp3) is 0.0800. The van der Waals surface area contributed by atoms with Crippen molar-refractivity contribution >= 4 is 17.3 Å². The minimum absolute atomic E-state index is 0.378. The molecule has 0 aliphatic heterocycles. The standard InChI is InChI=1S/C25H21ClN2O2/c26-22-13-7-12-20(24(22)27)21-14-15-23(29-16-18-8-3-1-4-9-18)28-25(21)30-17-19-10-5-2-6-11-19/h1-15H,16-17,27H2. The summed E-state index contributed by atoms with van der Waals surface area (Å²) in [5.41, 5.74) is 10.3. The Kier molecular flexibility index (Phi) is 6.16.